The highest BCUT2D eigenvalue weighted by atomic mass is 32.2. The molecule has 2 aromatic rings. The number of fused-ring (bicyclic) bond motifs is 1. The van der Waals surface area contributed by atoms with Gasteiger partial charge in [-0.3, -0.25) is 14.2 Å². The Hall–Kier alpha value is -1.38. The highest BCUT2D eigenvalue weighted by molar-refractivity contribution is 7.99. The lowest BCUT2D eigenvalue weighted by Gasteiger charge is -2.21. The Labute approximate surface area is 192 Å². The maximum atomic E-state index is 13.5. The average Bonchev–Trinajstić information content (AvgIpc) is 3.40. The van der Waals surface area contributed by atoms with E-state index < -0.39 is 0 Å². The molecule has 3 heterocycles. The summed E-state index contributed by atoms with van der Waals surface area (Å²) in [6, 6.07) is 0. The van der Waals surface area contributed by atoms with E-state index in [0.29, 0.717) is 17.6 Å². The Morgan fingerprint density at radius 2 is 2.06 bits per heavy atom. The van der Waals surface area contributed by atoms with E-state index in [-0.39, 0.29) is 23.3 Å². The van der Waals surface area contributed by atoms with Crippen LogP contribution in [-0.4, -0.2) is 40.5 Å². The van der Waals surface area contributed by atoms with Gasteiger partial charge in [0.2, 0.25) is 5.91 Å². The van der Waals surface area contributed by atoms with Crippen molar-refractivity contribution in [3.05, 3.63) is 20.8 Å². The Bertz CT molecular complexity index is 973. The quantitative estimate of drug-likeness (QED) is 0.467. The van der Waals surface area contributed by atoms with Crippen molar-refractivity contribution in [3.63, 3.8) is 0 Å². The van der Waals surface area contributed by atoms with Gasteiger partial charge >= 0.3 is 0 Å². The monoisotopic (exact) mass is 463 g/mol. The molecule has 1 atom stereocenters. The molecule has 0 spiro atoms. The fourth-order valence-corrected chi connectivity index (χ4v) is 6.74. The molecule has 2 aromatic heterocycles. The Morgan fingerprint density at radius 1 is 1.26 bits per heavy atom. The number of aryl methyl sites for hydroxylation is 2. The molecule has 2 fully saturated rings. The predicted molar refractivity (Wildman–Crippen MR) is 127 cm³/mol. The van der Waals surface area contributed by atoms with Crippen LogP contribution in [-0.2, 0) is 22.5 Å². The number of carbonyl (C=O) groups excluding carboxylic acids is 1. The summed E-state index contributed by atoms with van der Waals surface area (Å²) in [5.74, 6) is 0.905. The molecule has 6 nitrogen and oxygen atoms in total. The number of thioether (sulfide) groups is 1. The first-order chi connectivity index (χ1) is 15.1. The molecular formula is C23H33N3O3S2. The van der Waals surface area contributed by atoms with Gasteiger partial charge in [-0.15, -0.1) is 11.3 Å². The zero-order chi connectivity index (χ0) is 21.8. The van der Waals surface area contributed by atoms with Gasteiger partial charge in [0.05, 0.1) is 23.8 Å². The van der Waals surface area contributed by atoms with Gasteiger partial charge in [0.15, 0.2) is 5.16 Å². The SMILES string of the molecule is CCc1c(C)sc2nc(SCC(=O)NCC3CCCCC3)n(CC3CCCO3)c(=O)c12. The molecule has 31 heavy (non-hydrogen) atoms. The number of amides is 1. The largest absolute Gasteiger partial charge is 0.376 e. The van der Waals surface area contributed by atoms with E-state index in [9.17, 15) is 9.59 Å². The molecule has 1 N–H and O–H groups in total. The molecule has 1 saturated carbocycles. The summed E-state index contributed by atoms with van der Waals surface area (Å²) in [6.07, 6.45) is 9.13. The van der Waals surface area contributed by atoms with Gasteiger partial charge in [0, 0.05) is 18.0 Å². The van der Waals surface area contributed by atoms with Gasteiger partial charge in [-0.1, -0.05) is 37.9 Å². The molecule has 1 aliphatic heterocycles. The fraction of sp³-hybridized carbons (Fsp3) is 0.696. The number of aromatic nitrogens is 2. The maximum absolute atomic E-state index is 13.5. The van der Waals surface area contributed by atoms with Gasteiger partial charge in [0.25, 0.3) is 5.56 Å². The van der Waals surface area contributed by atoms with Gasteiger partial charge < -0.3 is 10.1 Å². The van der Waals surface area contributed by atoms with Crippen LogP contribution in [0.2, 0.25) is 0 Å². The van der Waals surface area contributed by atoms with Crippen LogP contribution < -0.4 is 10.9 Å². The molecule has 0 bridgehead atoms. The van der Waals surface area contributed by atoms with Crippen LogP contribution in [0, 0.1) is 12.8 Å². The lowest BCUT2D eigenvalue weighted by Crippen LogP contribution is -2.32. The zero-order valence-electron chi connectivity index (χ0n) is 18.6. The van der Waals surface area contributed by atoms with Crippen molar-refractivity contribution in [2.75, 3.05) is 18.9 Å². The number of nitrogens with zero attached hydrogens (tertiary/aromatic N) is 2. The van der Waals surface area contributed by atoms with Crippen molar-refractivity contribution in [1.82, 2.24) is 14.9 Å². The van der Waals surface area contributed by atoms with E-state index in [1.54, 1.807) is 15.9 Å². The first kappa shape index (κ1) is 22.8. The second-order valence-electron chi connectivity index (χ2n) is 8.71. The van der Waals surface area contributed by atoms with E-state index in [1.807, 2.05) is 0 Å². The Morgan fingerprint density at radius 3 is 2.77 bits per heavy atom. The van der Waals surface area contributed by atoms with Crippen LogP contribution >= 0.6 is 23.1 Å². The first-order valence-electron chi connectivity index (χ1n) is 11.6. The van der Waals surface area contributed by atoms with Crippen LogP contribution in [0.5, 0.6) is 0 Å². The van der Waals surface area contributed by atoms with Gasteiger partial charge in [0.1, 0.15) is 4.83 Å². The van der Waals surface area contributed by atoms with Crippen molar-refractivity contribution >= 4 is 39.2 Å². The lowest BCUT2D eigenvalue weighted by molar-refractivity contribution is -0.118. The van der Waals surface area contributed by atoms with E-state index in [2.05, 4.69) is 19.2 Å². The zero-order valence-corrected chi connectivity index (χ0v) is 20.2. The number of nitrogens with one attached hydrogen (secondary N) is 1. The topological polar surface area (TPSA) is 73.2 Å². The predicted octanol–water partition coefficient (Wildman–Crippen LogP) is 4.30. The third-order valence-electron chi connectivity index (χ3n) is 6.49. The number of hydrogen-bond donors (Lipinski definition) is 1. The Balaban J connectivity index is 1.52. The fourth-order valence-electron chi connectivity index (χ4n) is 4.75. The van der Waals surface area contributed by atoms with Crippen LogP contribution in [0.1, 0.15) is 62.3 Å². The number of thiophene rings is 1. The van der Waals surface area contributed by atoms with Crippen LogP contribution in [0.15, 0.2) is 9.95 Å². The molecule has 1 aliphatic carbocycles. The minimum atomic E-state index is 0.00631. The minimum Gasteiger partial charge on any atom is -0.376 e. The van der Waals surface area contributed by atoms with E-state index in [1.165, 1.54) is 43.9 Å². The van der Waals surface area contributed by atoms with Crippen molar-refractivity contribution < 1.29 is 9.53 Å². The van der Waals surface area contributed by atoms with E-state index >= 15 is 0 Å². The number of rotatable bonds is 8. The molecule has 1 amide bonds. The Kier molecular flexibility index (Phi) is 7.72. The van der Waals surface area contributed by atoms with Gasteiger partial charge in [-0.2, -0.15) is 0 Å². The van der Waals surface area contributed by atoms with Crippen molar-refractivity contribution in [2.45, 2.75) is 83.0 Å². The average molecular weight is 464 g/mol. The molecule has 8 heteroatoms. The second-order valence-corrected chi connectivity index (χ2v) is 10.9. The van der Waals surface area contributed by atoms with Crippen molar-refractivity contribution in [2.24, 2.45) is 5.92 Å². The number of carbonyl (C=O) groups is 1. The third-order valence-corrected chi connectivity index (χ3v) is 8.50. The lowest BCUT2D eigenvalue weighted by atomic mass is 9.89. The van der Waals surface area contributed by atoms with Gasteiger partial charge in [-0.25, -0.2) is 4.98 Å². The molecule has 4 rings (SSSR count). The number of hydrogen-bond acceptors (Lipinski definition) is 6. The molecular weight excluding hydrogens is 430 g/mol. The normalized spacial score (nSPS) is 19.9. The van der Waals surface area contributed by atoms with Crippen LogP contribution in [0.25, 0.3) is 10.2 Å². The van der Waals surface area contributed by atoms with Crippen molar-refractivity contribution in [1.29, 1.82) is 0 Å². The summed E-state index contributed by atoms with van der Waals surface area (Å²) in [4.78, 5) is 32.7. The standard InChI is InChI=1S/C23H33N3O3S2/c1-3-18-15(2)31-21-20(18)22(28)26(13-17-10-7-11-29-17)23(25-21)30-14-19(27)24-12-16-8-5-4-6-9-16/h16-17H,3-14H2,1-2H3,(H,24,27). The first-order valence-corrected chi connectivity index (χ1v) is 13.4. The van der Waals surface area contributed by atoms with Crippen LogP contribution in [0.3, 0.4) is 0 Å². The minimum absolute atomic E-state index is 0.00631. The smallest absolute Gasteiger partial charge is 0.263 e. The summed E-state index contributed by atoms with van der Waals surface area (Å²) < 4.78 is 7.55. The van der Waals surface area contributed by atoms with E-state index in [0.717, 1.165) is 53.1 Å². The van der Waals surface area contributed by atoms with Crippen LogP contribution in [0.4, 0.5) is 0 Å². The second kappa shape index (κ2) is 10.5. The molecule has 2 aliphatic rings. The molecule has 0 radical (unpaired) electrons. The molecule has 1 unspecified atom stereocenters. The van der Waals surface area contributed by atoms with E-state index in [4.69, 9.17) is 9.72 Å². The molecule has 170 valence electrons. The maximum Gasteiger partial charge on any atom is 0.263 e. The summed E-state index contributed by atoms with van der Waals surface area (Å²) >= 11 is 2.94. The van der Waals surface area contributed by atoms with Gasteiger partial charge in [-0.05, 0) is 50.5 Å². The number of ether oxygens (including phenoxy) is 1. The highest BCUT2D eigenvalue weighted by Crippen LogP contribution is 2.30. The third kappa shape index (κ3) is 5.34. The summed E-state index contributed by atoms with van der Waals surface area (Å²) in [5, 5.41) is 4.47. The summed E-state index contributed by atoms with van der Waals surface area (Å²) in [7, 11) is 0. The summed E-state index contributed by atoms with van der Waals surface area (Å²) in [5.41, 5.74) is 1.10. The highest BCUT2D eigenvalue weighted by Gasteiger charge is 2.23. The summed E-state index contributed by atoms with van der Waals surface area (Å²) in [6.45, 7) is 6.15. The molecule has 0 aromatic carbocycles. The van der Waals surface area contributed by atoms with Crippen molar-refractivity contribution in [3.8, 4) is 0 Å². The molecule has 1 saturated heterocycles.